The Labute approximate surface area is 163 Å². The highest BCUT2D eigenvalue weighted by Gasteiger charge is 2.16. The van der Waals surface area contributed by atoms with Crippen LogP contribution in [0.3, 0.4) is 0 Å². The summed E-state index contributed by atoms with van der Waals surface area (Å²) < 4.78 is 4.71. The van der Waals surface area contributed by atoms with E-state index in [-0.39, 0.29) is 24.8 Å². The van der Waals surface area contributed by atoms with Gasteiger partial charge in [-0.3, -0.25) is 19.3 Å². The Kier molecular flexibility index (Phi) is 7.52. The Morgan fingerprint density at radius 3 is 2.41 bits per heavy atom. The molecule has 1 N–H and O–H groups in total. The lowest BCUT2D eigenvalue weighted by Crippen LogP contribution is -2.37. The summed E-state index contributed by atoms with van der Waals surface area (Å²) in [6.07, 6.45) is 0. The molecule has 27 heavy (non-hydrogen) atoms. The molecule has 0 aromatic heterocycles. The summed E-state index contributed by atoms with van der Waals surface area (Å²) in [5.74, 6) is -0.815. The topological polar surface area (TPSA) is 75.7 Å². The van der Waals surface area contributed by atoms with Crippen LogP contribution >= 0.6 is 11.6 Å². The number of carbonyl (C=O) groups is 3. The molecule has 2 rings (SSSR count). The van der Waals surface area contributed by atoms with Crippen LogP contribution in [0.2, 0.25) is 5.02 Å². The van der Waals surface area contributed by atoms with Gasteiger partial charge in [0.25, 0.3) is 0 Å². The minimum atomic E-state index is -0.435. The molecule has 0 aliphatic rings. The molecule has 0 saturated heterocycles. The third kappa shape index (κ3) is 6.84. The maximum Gasteiger partial charge on any atom is 0.319 e. The van der Waals surface area contributed by atoms with E-state index in [2.05, 4.69) is 5.32 Å². The van der Waals surface area contributed by atoms with Gasteiger partial charge in [-0.15, -0.1) is 0 Å². The van der Waals surface area contributed by atoms with Gasteiger partial charge in [-0.25, -0.2) is 0 Å². The Balaban J connectivity index is 2.05. The van der Waals surface area contributed by atoms with Gasteiger partial charge in [-0.1, -0.05) is 35.9 Å². The summed E-state index contributed by atoms with van der Waals surface area (Å²) in [6.45, 7) is 1.81. The lowest BCUT2D eigenvalue weighted by Gasteiger charge is -2.20. The molecule has 142 valence electrons. The van der Waals surface area contributed by atoms with Crippen molar-refractivity contribution < 1.29 is 19.1 Å². The molecule has 2 aromatic rings. The zero-order chi connectivity index (χ0) is 19.8. The van der Waals surface area contributed by atoms with E-state index in [4.69, 9.17) is 16.3 Å². The largest absolute Gasteiger partial charge is 0.468 e. The Morgan fingerprint density at radius 2 is 1.78 bits per heavy atom. The molecule has 0 saturated carbocycles. The molecule has 0 heterocycles. The molecule has 1 amide bonds. The highest BCUT2D eigenvalue weighted by molar-refractivity contribution is 6.30. The first kappa shape index (κ1) is 20.6. The highest BCUT2D eigenvalue weighted by Crippen LogP contribution is 2.13. The lowest BCUT2D eigenvalue weighted by molar-refractivity contribution is -0.142. The third-order valence-electron chi connectivity index (χ3n) is 3.82. The second-order valence-corrected chi connectivity index (χ2v) is 6.47. The van der Waals surface area contributed by atoms with Gasteiger partial charge in [0, 0.05) is 22.8 Å². The smallest absolute Gasteiger partial charge is 0.319 e. The number of methoxy groups -OCH3 is 1. The van der Waals surface area contributed by atoms with Crippen LogP contribution in [0.1, 0.15) is 22.8 Å². The van der Waals surface area contributed by atoms with E-state index in [1.54, 1.807) is 41.3 Å². The molecule has 0 aliphatic carbocycles. The van der Waals surface area contributed by atoms with Crippen LogP contribution in [0.15, 0.2) is 48.5 Å². The van der Waals surface area contributed by atoms with E-state index in [0.717, 1.165) is 5.56 Å². The monoisotopic (exact) mass is 388 g/mol. The van der Waals surface area contributed by atoms with Crippen LogP contribution in [0.5, 0.6) is 0 Å². The van der Waals surface area contributed by atoms with Gasteiger partial charge < -0.3 is 10.1 Å². The van der Waals surface area contributed by atoms with E-state index in [1.165, 1.54) is 14.0 Å². The molecule has 0 spiro atoms. The Hall–Kier alpha value is -2.70. The molecule has 0 bridgehead atoms. The van der Waals surface area contributed by atoms with Crippen LogP contribution in [-0.2, 0) is 20.9 Å². The van der Waals surface area contributed by atoms with Crippen molar-refractivity contribution in [3.63, 3.8) is 0 Å². The zero-order valence-corrected chi connectivity index (χ0v) is 16.0. The number of ketones is 1. The normalized spacial score (nSPS) is 10.5. The summed E-state index contributed by atoms with van der Waals surface area (Å²) >= 11 is 5.89. The molecule has 6 nitrogen and oxygen atoms in total. The molecule has 0 atom stereocenters. The number of carbonyl (C=O) groups excluding carboxylic acids is 3. The number of hydrogen-bond acceptors (Lipinski definition) is 5. The van der Waals surface area contributed by atoms with Crippen LogP contribution in [0.25, 0.3) is 0 Å². The van der Waals surface area contributed by atoms with E-state index < -0.39 is 5.97 Å². The average molecular weight is 389 g/mol. The van der Waals surface area contributed by atoms with Crippen molar-refractivity contribution in [1.82, 2.24) is 4.90 Å². The lowest BCUT2D eigenvalue weighted by atomic mass is 10.1. The van der Waals surface area contributed by atoms with E-state index in [1.807, 2.05) is 12.1 Å². The quantitative estimate of drug-likeness (QED) is 0.555. The van der Waals surface area contributed by atoms with Crippen LogP contribution < -0.4 is 5.32 Å². The summed E-state index contributed by atoms with van der Waals surface area (Å²) in [7, 11) is 1.30. The minimum absolute atomic E-state index is 0.0119. The fourth-order valence-corrected chi connectivity index (χ4v) is 2.61. The number of hydrogen-bond donors (Lipinski definition) is 1. The summed E-state index contributed by atoms with van der Waals surface area (Å²) in [5, 5.41) is 3.36. The second-order valence-electron chi connectivity index (χ2n) is 6.03. The Bertz CT molecular complexity index is 821. The zero-order valence-electron chi connectivity index (χ0n) is 15.2. The molecular weight excluding hydrogens is 368 g/mol. The van der Waals surface area contributed by atoms with Crippen molar-refractivity contribution in [2.45, 2.75) is 13.5 Å². The van der Waals surface area contributed by atoms with Gasteiger partial charge in [0.1, 0.15) is 0 Å². The predicted octanol–water partition coefficient (Wildman–Crippen LogP) is 3.16. The fraction of sp³-hybridized carbons (Fsp3) is 0.250. The van der Waals surface area contributed by atoms with Crippen molar-refractivity contribution >= 4 is 34.9 Å². The second kappa shape index (κ2) is 9.85. The first-order valence-electron chi connectivity index (χ1n) is 8.32. The SMILES string of the molecule is COC(=O)CN(CC(=O)Nc1cccc(C(C)=O)c1)Cc1ccc(Cl)cc1. The van der Waals surface area contributed by atoms with Gasteiger partial charge in [0.05, 0.1) is 20.2 Å². The molecule has 2 aromatic carbocycles. The van der Waals surface area contributed by atoms with Gasteiger partial charge in [0.15, 0.2) is 5.78 Å². The van der Waals surface area contributed by atoms with Crippen molar-refractivity contribution in [3.8, 4) is 0 Å². The molecule has 7 heteroatoms. The number of amides is 1. The number of ether oxygens (including phenoxy) is 1. The average Bonchev–Trinajstić information content (AvgIpc) is 2.63. The number of halogens is 1. The number of rotatable bonds is 8. The minimum Gasteiger partial charge on any atom is -0.468 e. The van der Waals surface area contributed by atoms with Crippen molar-refractivity contribution in [3.05, 3.63) is 64.7 Å². The molecular formula is C20H21ClN2O4. The van der Waals surface area contributed by atoms with Gasteiger partial charge in [-0.05, 0) is 36.8 Å². The van der Waals surface area contributed by atoms with Gasteiger partial charge >= 0.3 is 5.97 Å². The summed E-state index contributed by atoms with van der Waals surface area (Å²) in [4.78, 5) is 37.2. The number of nitrogens with zero attached hydrogens (tertiary/aromatic N) is 1. The maximum atomic E-state index is 12.4. The molecule has 0 fully saturated rings. The van der Waals surface area contributed by atoms with Crippen molar-refractivity contribution in [2.75, 3.05) is 25.5 Å². The van der Waals surface area contributed by atoms with Crippen LogP contribution in [-0.4, -0.2) is 42.8 Å². The number of esters is 1. The highest BCUT2D eigenvalue weighted by atomic mass is 35.5. The molecule has 0 radical (unpaired) electrons. The standard InChI is InChI=1S/C20H21ClN2O4/c1-14(24)16-4-3-5-18(10-16)22-19(25)12-23(13-20(26)27-2)11-15-6-8-17(21)9-7-15/h3-10H,11-13H2,1-2H3,(H,22,25). The van der Waals surface area contributed by atoms with E-state index in [9.17, 15) is 14.4 Å². The summed E-state index contributed by atoms with van der Waals surface area (Å²) in [6, 6.07) is 13.9. The predicted molar refractivity (Wildman–Crippen MR) is 104 cm³/mol. The molecule has 0 aliphatic heterocycles. The number of nitrogens with one attached hydrogen (secondary N) is 1. The van der Waals surface area contributed by atoms with Crippen LogP contribution in [0.4, 0.5) is 5.69 Å². The number of benzene rings is 2. The van der Waals surface area contributed by atoms with E-state index in [0.29, 0.717) is 22.8 Å². The van der Waals surface area contributed by atoms with Gasteiger partial charge in [0.2, 0.25) is 5.91 Å². The van der Waals surface area contributed by atoms with Gasteiger partial charge in [-0.2, -0.15) is 0 Å². The van der Waals surface area contributed by atoms with Crippen LogP contribution in [0, 0.1) is 0 Å². The van der Waals surface area contributed by atoms with E-state index >= 15 is 0 Å². The third-order valence-corrected chi connectivity index (χ3v) is 4.07. The fourth-order valence-electron chi connectivity index (χ4n) is 2.48. The number of anilines is 1. The number of Topliss-reactive ketones (excluding diaryl/α,β-unsaturated/α-hetero) is 1. The molecule has 0 unspecified atom stereocenters. The summed E-state index contributed by atoms with van der Waals surface area (Å²) in [5.41, 5.74) is 1.95. The Morgan fingerprint density at radius 1 is 1.07 bits per heavy atom. The van der Waals surface area contributed by atoms with Crippen molar-refractivity contribution in [1.29, 1.82) is 0 Å². The van der Waals surface area contributed by atoms with Crippen molar-refractivity contribution in [2.24, 2.45) is 0 Å². The maximum absolute atomic E-state index is 12.4. The first-order chi connectivity index (χ1) is 12.9. The first-order valence-corrected chi connectivity index (χ1v) is 8.69.